The highest BCUT2D eigenvalue weighted by atomic mass is 19.4. The fourth-order valence-electron chi connectivity index (χ4n) is 3.54. The van der Waals surface area contributed by atoms with E-state index in [1.54, 1.807) is 4.90 Å². The summed E-state index contributed by atoms with van der Waals surface area (Å²) < 4.78 is 50.7. The molecule has 1 aliphatic rings. The SMILES string of the molecule is O=C(NCCNC(=O)C1CCN(C(=O)c2ccc(F)cc2)CC1)c1ccc(C(F)(F)F)cc1. The molecule has 3 rings (SSSR count). The van der Waals surface area contributed by atoms with E-state index < -0.39 is 23.5 Å². The van der Waals surface area contributed by atoms with Crippen LogP contribution in [0.15, 0.2) is 48.5 Å². The molecule has 3 amide bonds. The third-order valence-corrected chi connectivity index (χ3v) is 5.43. The molecule has 0 saturated carbocycles. The van der Waals surface area contributed by atoms with Crippen LogP contribution in [-0.4, -0.2) is 48.8 Å². The zero-order valence-corrected chi connectivity index (χ0v) is 17.6. The normalized spacial score (nSPS) is 14.6. The fraction of sp³-hybridized carbons (Fsp3) is 0.348. The third-order valence-electron chi connectivity index (χ3n) is 5.43. The quantitative estimate of drug-likeness (QED) is 0.508. The lowest BCUT2D eigenvalue weighted by molar-refractivity contribution is -0.137. The van der Waals surface area contributed by atoms with Crippen molar-refractivity contribution in [1.29, 1.82) is 0 Å². The standard InChI is InChI=1S/C23H23F4N3O3/c24-19-7-3-17(4-8-19)22(33)30-13-9-16(10-14-30)21(32)29-12-11-28-20(31)15-1-5-18(6-2-15)23(25,26)27/h1-8,16H,9-14H2,(H,28,31)(H,29,32). The van der Waals surface area contributed by atoms with Crippen molar-refractivity contribution in [3.8, 4) is 0 Å². The molecule has 0 atom stereocenters. The number of benzene rings is 2. The molecule has 0 spiro atoms. The summed E-state index contributed by atoms with van der Waals surface area (Å²) in [6, 6.07) is 9.17. The Hall–Kier alpha value is -3.43. The van der Waals surface area contributed by atoms with E-state index in [0.29, 0.717) is 31.5 Å². The summed E-state index contributed by atoms with van der Waals surface area (Å²) >= 11 is 0. The Labute approximate surface area is 188 Å². The molecular weight excluding hydrogens is 442 g/mol. The smallest absolute Gasteiger partial charge is 0.354 e. The second-order valence-electron chi connectivity index (χ2n) is 7.70. The Bertz CT molecular complexity index is 984. The van der Waals surface area contributed by atoms with E-state index in [-0.39, 0.29) is 36.4 Å². The zero-order valence-electron chi connectivity index (χ0n) is 17.6. The number of carbonyl (C=O) groups excluding carboxylic acids is 3. The second-order valence-corrected chi connectivity index (χ2v) is 7.70. The molecule has 176 valence electrons. The van der Waals surface area contributed by atoms with Crippen LogP contribution in [0.5, 0.6) is 0 Å². The molecular formula is C23H23F4N3O3. The molecule has 1 fully saturated rings. The van der Waals surface area contributed by atoms with Crippen molar-refractivity contribution in [2.24, 2.45) is 5.92 Å². The Balaban J connectivity index is 1.37. The van der Waals surface area contributed by atoms with Crippen LogP contribution >= 0.6 is 0 Å². The number of nitrogens with zero attached hydrogens (tertiary/aromatic N) is 1. The Morgan fingerprint density at radius 1 is 0.848 bits per heavy atom. The molecule has 2 N–H and O–H groups in total. The number of likely N-dealkylation sites (tertiary alicyclic amines) is 1. The first-order chi connectivity index (χ1) is 15.6. The summed E-state index contributed by atoms with van der Waals surface area (Å²) in [5.41, 5.74) is -0.354. The number of hydrogen-bond acceptors (Lipinski definition) is 3. The maximum absolute atomic E-state index is 13.0. The molecule has 1 heterocycles. The lowest BCUT2D eigenvalue weighted by Gasteiger charge is -2.31. The van der Waals surface area contributed by atoms with Crippen molar-refractivity contribution in [1.82, 2.24) is 15.5 Å². The number of carbonyl (C=O) groups is 3. The molecule has 0 aliphatic carbocycles. The van der Waals surface area contributed by atoms with Gasteiger partial charge in [0.25, 0.3) is 11.8 Å². The predicted octanol–water partition coefficient (Wildman–Crippen LogP) is 3.24. The van der Waals surface area contributed by atoms with Crippen LogP contribution in [-0.2, 0) is 11.0 Å². The van der Waals surface area contributed by atoms with E-state index in [1.165, 1.54) is 24.3 Å². The van der Waals surface area contributed by atoms with Gasteiger partial charge < -0.3 is 15.5 Å². The van der Waals surface area contributed by atoms with Gasteiger partial charge in [-0.05, 0) is 61.4 Å². The van der Waals surface area contributed by atoms with Crippen LogP contribution in [0.1, 0.15) is 39.1 Å². The van der Waals surface area contributed by atoms with Crippen molar-refractivity contribution in [2.75, 3.05) is 26.2 Å². The second kappa shape index (κ2) is 10.5. The van der Waals surface area contributed by atoms with Crippen LogP contribution in [0.2, 0.25) is 0 Å². The zero-order chi connectivity index (χ0) is 24.0. The molecule has 0 radical (unpaired) electrons. The average Bonchev–Trinajstić information content (AvgIpc) is 2.81. The number of hydrogen-bond donors (Lipinski definition) is 2. The lowest BCUT2D eigenvalue weighted by Crippen LogP contribution is -2.44. The van der Waals surface area contributed by atoms with Crippen molar-refractivity contribution in [3.63, 3.8) is 0 Å². The maximum Gasteiger partial charge on any atom is 0.416 e. The van der Waals surface area contributed by atoms with Crippen LogP contribution in [0, 0.1) is 11.7 Å². The van der Waals surface area contributed by atoms with Crippen LogP contribution in [0.3, 0.4) is 0 Å². The average molecular weight is 465 g/mol. The van der Waals surface area contributed by atoms with E-state index in [9.17, 15) is 31.9 Å². The van der Waals surface area contributed by atoms with Gasteiger partial charge in [-0.1, -0.05) is 0 Å². The molecule has 0 aromatic heterocycles. The summed E-state index contributed by atoms with van der Waals surface area (Å²) in [5, 5.41) is 5.27. The van der Waals surface area contributed by atoms with Gasteiger partial charge in [0.1, 0.15) is 5.82 Å². The van der Waals surface area contributed by atoms with Gasteiger partial charge in [-0.3, -0.25) is 14.4 Å². The predicted molar refractivity (Wildman–Crippen MR) is 112 cm³/mol. The minimum Gasteiger partial charge on any atom is -0.354 e. The van der Waals surface area contributed by atoms with Gasteiger partial charge in [-0.2, -0.15) is 13.2 Å². The van der Waals surface area contributed by atoms with Crippen molar-refractivity contribution < 1.29 is 31.9 Å². The lowest BCUT2D eigenvalue weighted by atomic mass is 9.95. The molecule has 0 unspecified atom stereocenters. The van der Waals surface area contributed by atoms with Gasteiger partial charge in [0.05, 0.1) is 5.56 Å². The number of nitrogens with one attached hydrogen (secondary N) is 2. The first-order valence-corrected chi connectivity index (χ1v) is 10.4. The minimum atomic E-state index is -4.47. The third kappa shape index (κ3) is 6.53. The monoisotopic (exact) mass is 465 g/mol. The van der Waals surface area contributed by atoms with Crippen molar-refractivity contribution >= 4 is 17.7 Å². The van der Waals surface area contributed by atoms with Gasteiger partial charge in [-0.25, -0.2) is 4.39 Å². The van der Waals surface area contributed by atoms with E-state index >= 15 is 0 Å². The molecule has 6 nitrogen and oxygen atoms in total. The first kappa shape index (κ1) is 24.2. The Kier molecular flexibility index (Phi) is 7.67. The molecule has 1 aliphatic heterocycles. The Morgan fingerprint density at radius 3 is 1.97 bits per heavy atom. The molecule has 0 bridgehead atoms. The van der Waals surface area contributed by atoms with Crippen LogP contribution in [0.4, 0.5) is 17.6 Å². The minimum absolute atomic E-state index is 0.0903. The van der Waals surface area contributed by atoms with Crippen LogP contribution in [0.25, 0.3) is 0 Å². The topological polar surface area (TPSA) is 78.5 Å². The molecule has 10 heteroatoms. The number of alkyl halides is 3. The highest BCUT2D eigenvalue weighted by molar-refractivity contribution is 5.95. The van der Waals surface area contributed by atoms with Crippen molar-refractivity contribution in [3.05, 3.63) is 71.0 Å². The van der Waals surface area contributed by atoms with Gasteiger partial charge in [0.2, 0.25) is 5.91 Å². The summed E-state index contributed by atoms with van der Waals surface area (Å²) in [6.07, 6.45) is -3.50. The first-order valence-electron chi connectivity index (χ1n) is 10.4. The fourth-order valence-corrected chi connectivity index (χ4v) is 3.54. The van der Waals surface area contributed by atoms with E-state index in [2.05, 4.69) is 10.6 Å². The van der Waals surface area contributed by atoms with Crippen LogP contribution < -0.4 is 10.6 Å². The highest BCUT2D eigenvalue weighted by Gasteiger charge is 2.30. The van der Waals surface area contributed by atoms with Gasteiger partial charge in [-0.15, -0.1) is 0 Å². The number of rotatable bonds is 6. The van der Waals surface area contributed by atoms with Gasteiger partial charge in [0.15, 0.2) is 0 Å². The van der Waals surface area contributed by atoms with E-state index in [1.807, 2.05) is 0 Å². The molecule has 1 saturated heterocycles. The van der Waals surface area contributed by atoms with Crippen molar-refractivity contribution in [2.45, 2.75) is 19.0 Å². The van der Waals surface area contributed by atoms with Gasteiger partial charge in [0, 0.05) is 43.2 Å². The van der Waals surface area contributed by atoms with Gasteiger partial charge >= 0.3 is 6.18 Å². The largest absolute Gasteiger partial charge is 0.416 e. The number of amides is 3. The maximum atomic E-state index is 13.0. The summed E-state index contributed by atoms with van der Waals surface area (Å²) in [5.74, 6) is -1.62. The van der Waals surface area contributed by atoms with E-state index in [0.717, 1.165) is 24.3 Å². The summed E-state index contributed by atoms with van der Waals surface area (Å²) in [6.45, 7) is 1.09. The number of piperidine rings is 1. The summed E-state index contributed by atoms with van der Waals surface area (Å²) in [7, 11) is 0. The highest BCUT2D eigenvalue weighted by Crippen LogP contribution is 2.29. The molecule has 33 heavy (non-hydrogen) atoms. The number of halogens is 4. The Morgan fingerprint density at radius 2 is 1.39 bits per heavy atom. The summed E-state index contributed by atoms with van der Waals surface area (Å²) in [4.78, 5) is 38.5. The molecule has 2 aromatic carbocycles. The van der Waals surface area contributed by atoms with E-state index in [4.69, 9.17) is 0 Å². The molecule has 2 aromatic rings.